The van der Waals surface area contributed by atoms with Gasteiger partial charge in [0.2, 0.25) is 5.82 Å². The highest BCUT2D eigenvalue weighted by Gasteiger charge is 2.25. The molecule has 0 spiro atoms. The smallest absolute Gasteiger partial charge is 0.311 e. The highest BCUT2D eigenvalue weighted by molar-refractivity contribution is 5.61. The number of anilines is 2. The minimum atomic E-state index is -0.356. The Balaban J connectivity index is 2.29. The normalized spacial score (nSPS) is 14.8. The Labute approximate surface area is 113 Å². The van der Waals surface area contributed by atoms with Crippen LogP contribution in [0.3, 0.4) is 0 Å². The second kappa shape index (κ2) is 5.86. The summed E-state index contributed by atoms with van der Waals surface area (Å²) >= 11 is 0. The van der Waals surface area contributed by atoms with Crippen molar-refractivity contribution in [2.24, 2.45) is 5.92 Å². The fourth-order valence-electron chi connectivity index (χ4n) is 2.31. The minimum Gasteiger partial charge on any atom is -0.373 e. The second-order valence-electron chi connectivity index (χ2n) is 4.88. The molecule has 6 nitrogen and oxygen atoms in total. The summed E-state index contributed by atoms with van der Waals surface area (Å²) in [5.74, 6) is 1.79. The van der Waals surface area contributed by atoms with E-state index in [4.69, 9.17) is 0 Å². The van der Waals surface area contributed by atoms with Crippen molar-refractivity contribution in [2.45, 2.75) is 26.2 Å². The van der Waals surface area contributed by atoms with Gasteiger partial charge in [-0.15, -0.1) is 0 Å². The van der Waals surface area contributed by atoms with Crippen LogP contribution in [0.5, 0.6) is 0 Å². The molecule has 0 atom stereocenters. The van der Waals surface area contributed by atoms with Crippen LogP contribution in [0.25, 0.3) is 0 Å². The molecule has 1 N–H and O–H groups in total. The number of pyridine rings is 1. The van der Waals surface area contributed by atoms with Gasteiger partial charge < -0.3 is 10.2 Å². The maximum atomic E-state index is 11.1. The van der Waals surface area contributed by atoms with Crippen LogP contribution in [0.2, 0.25) is 0 Å². The Morgan fingerprint density at radius 2 is 2.26 bits per heavy atom. The molecule has 0 radical (unpaired) electrons. The largest absolute Gasteiger partial charge is 0.373 e. The van der Waals surface area contributed by atoms with Gasteiger partial charge in [0.15, 0.2) is 0 Å². The number of hydrogen-bond acceptors (Lipinski definition) is 5. The van der Waals surface area contributed by atoms with E-state index in [1.54, 1.807) is 13.1 Å². The quantitative estimate of drug-likeness (QED) is 0.631. The van der Waals surface area contributed by atoms with Gasteiger partial charge in [-0.05, 0) is 31.7 Å². The van der Waals surface area contributed by atoms with Crippen molar-refractivity contribution in [3.05, 3.63) is 22.2 Å². The standard InChI is InChI=1S/C13H20N4O2/c1-3-16(9-10-5-4-6-10)13-11(17(18)19)7-8-12(14-2)15-13/h7-8,10H,3-6,9H2,1-2H3,(H,14,15). The summed E-state index contributed by atoms with van der Waals surface area (Å²) < 4.78 is 0. The number of aromatic nitrogens is 1. The summed E-state index contributed by atoms with van der Waals surface area (Å²) in [6.45, 7) is 3.60. The molecule has 6 heteroatoms. The number of rotatable bonds is 6. The summed E-state index contributed by atoms with van der Waals surface area (Å²) in [6, 6.07) is 3.16. The molecule has 0 aliphatic heterocycles. The highest BCUT2D eigenvalue weighted by atomic mass is 16.6. The van der Waals surface area contributed by atoms with Crippen LogP contribution in [0.4, 0.5) is 17.3 Å². The Morgan fingerprint density at radius 1 is 1.53 bits per heavy atom. The van der Waals surface area contributed by atoms with Crippen LogP contribution in [-0.4, -0.2) is 30.0 Å². The predicted molar refractivity (Wildman–Crippen MR) is 75.7 cm³/mol. The van der Waals surface area contributed by atoms with E-state index in [9.17, 15) is 10.1 Å². The lowest BCUT2D eigenvalue weighted by Crippen LogP contribution is -2.33. The van der Waals surface area contributed by atoms with Gasteiger partial charge >= 0.3 is 5.69 Å². The molecular formula is C13H20N4O2. The Bertz CT molecular complexity index is 460. The van der Waals surface area contributed by atoms with Gasteiger partial charge in [-0.3, -0.25) is 10.1 Å². The van der Waals surface area contributed by atoms with Crippen molar-refractivity contribution in [1.82, 2.24) is 4.98 Å². The molecule has 0 unspecified atom stereocenters. The van der Waals surface area contributed by atoms with Crippen LogP contribution < -0.4 is 10.2 Å². The zero-order valence-corrected chi connectivity index (χ0v) is 11.4. The molecule has 104 valence electrons. The van der Waals surface area contributed by atoms with Crippen molar-refractivity contribution >= 4 is 17.3 Å². The van der Waals surface area contributed by atoms with Gasteiger partial charge in [-0.25, -0.2) is 4.98 Å². The summed E-state index contributed by atoms with van der Waals surface area (Å²) in [5.41, 5.74) is 0.0835. The van der Waals surface area contributed by atoms with Gasteiger partial charge in [0.25, 0.3) is 0 Å². The molecule has 1 heterocycles. The molecule has 2 rings (SSSR count). The van der Waals surface area contributed by atoms with Gasteiger partial charge in [0.05, 0.1) is 4.92 Å². The van der Waals surface area contributed by atoms with Gasteiger partial charge in [-0.2, -0.15) is 0 Å². The van der Waals surface area contributed by atoms with E-state index in [0.29, 0.717) is 17.6 Å². The topological polar surface area (TPSA) is 71.3 Å². The van der Waals surface area contributed by atoms with Crippen LogP contribution in [0.15, 0.2) is 12.1 Å². The van der Waals surface area contributed by atoms with Crippen molar-refractivity contribution in [3.8, 4) is 0 Å². The highest BCUT2D eigenvalue weighted by Crippen LogP contribution is 2.32. The molecule has 0 bridgehead atoms. The van der Waals surface area contributed by atoms with Crippen LogP contribution in [-0.2, 0) is 0 Å². The molecule has 1 aromatic rings. The molecule has 19 heavy (non-hydrogen) atoms. The van der Waals surface area contributed by atoms with E-state index in [0.717, 1.165) is 13.1 Å². The van der Waals surface area contributed by atoms with Crippen LogP contribution >= 0.6 is 0 Å². The molecule has 1 aliphatic carbocycles. The lowest BCUT2D eigenvalue weighted by Gasteiger charge is -2.32. The summed E-state index contributed by atoms with van der Waals surface area (Å²) in [5, 5.41) is 14.1. The lowest BCUT2D eigenvalue weighted by atomic mass is 9.85. The predicted octanol–water partition coefficient (Wildman–Crippen LogP) is 2.66. The fraction of sp³-hybridized carbons (Fsp3) is 0.615. The number of nitro groups is 1. The van der Waals surface area contributed by atoms with E-state index in [1.165, 1.54) is 25.3 Å². The second-order valence-corrected chi connectivity index (χ2v) is 4.88. The molecule has 1 aliphatic rings. The molecule has 0 saturated heterocycles. The summed E-state index contributed by atoms with van der Waals surface area (Å²) in [7, 11) is 1.76. The van der Waals surface area contributed by atoms with Gasteiger partial charge in [-0.1, -0.05) is 6.42 Å². The zero-order chi connectivity index (χ0) is 13.8. The monoisotopic (exact) mass is 264 g/mol. The van der Waals surface area contributed by atoms with Crippen LogP contribution in [0, 0.1) is 16.0 Å². The molecule has 0 aromatic carbocycles. The molecule has 0 amide bonds. The number of nitrogens with zero attached hydrogens (tertiary/aromatic N) is 3. The average Bonchev–Trinajstić information content (AvgIpc) is 2.37. The third kappa shape index (κ3) is 2.94. The van der Waals surface area contributed by atoms with E-state index < -0.39 is 0 Å². The summed E-state index contributed by atoms with van der Waals surface area (Å²) in [4.78, 5) is 17.2. The third-order valence-electron chi connectivity index (χ3n) is 3.69. The van der Waals surface area contributed by atoms with Crippen LogP contribution in [0.1, 0.15) is 26.2 Å². The number of nitrogens with one attached hydrogen (secondary N) is 1. The Morgan fingerprint density at radius 3 is 2.74 bits per heavy atom. The minimum absolute atomic E-state index is 0.0835. The van der Waals surface area contributed by atoms with Crippen molar-refractivity contribution in [3.63, 3.8) is 0 Å². The van der Waals surface area contributed by atoms with E-state index in [2.05, 4.69) is 10.3 Å². The summed E-state index contributed by atoms with van der Waals surface area (Å²) in [6.07, 6.45) is 3.71. The number of hydrogen-bond donors (Lipinski definition) is 1. The van der Waals surface area contributed by atoms with E-state index >= 15 is 0 Å². The maximum absolute atomic E-state index is 11.1. The first-order valence-electron chi connectivity index (χ1n) is 6.73. The molecule has 1 aromatic heterocycles. The Hall–Kier alpha value is -1.85. The maximum Gasteiger partial charge on any atom is 0.311 e. The van der Waals surface area contributed by atoms with Crippen molar-refractivity contribution < 1.29 is 4.92 Å². The van der Waals surface area contributed by atoms with E-state index in [1.807, 2.05) is 11.8 Å². The van der Waals surface area contributed by atoms with Crippen molar-refractivity contribution in [2.75, 3.05) is 30.4 Å². The fourth-order valence-corrected chi connectivity index (χ4v) is 2.31. The van der Waals surface area contributed by atoms with E-state index in [-0.39, 0.29) is 10.6 Å². The zero-order valence-electron chi connectivity index (χ0n) is 11.4. The SMILES string of the molecule is CCN(CC1CCC1)c1nc(NC)ccc1[N+](=O)[O-]. The first-order chi connectivity index (χ1) is 9.15. The third-order valence-corrected chi connectivity index (χ3v) is 3.69. The lowest BCUT2D eigenvalue weighted by molar-refractivity contribution is -0.384. The van der Waals surface area contributed by atoms with Gasteiger partial charge in [0.1, 0.15) is 5.82 Å². The molecule has 1 saturated carbocycles. The molecule has 1 fully saturated rings. The molecular weight excluding hydrogens is 244 g/mol. The first kappa shape index (κ1) is 13.6. The van der Waals surface area contributed by atoms with Gasteiger partial charge in [0, 0.05) is 26.2 Å². The average molecular weight is 264 g/mol. The first-order valence-corrected chi connectivity index (χ1v) is 6.73. The Kier molecular flexibility index (Phi) is 4.19. The van der Waals surface area contributed by atoms with Crippen molar-refractivity contribution in [1.29, 1.82) is 0 Å².